The van der Waals surface area contributed by atoms with Crippen LogP contribution < -0.4 is 0 Å². The van der Waals surface area contributed by atoms with Gasteiger partial charge in [-0.25, -0.2) is 0 Å². The van der Waals surface area contributed by atoms with Gasteiger partial charge in [-0.2, -0.15) is 0 Å². The third kappa shape index (κ3) is 4.07. The number of aliphatic hydroxyl groups is 1. The van der Waals surface area contributed by atoms with Gasteiger partial charge in [0.2, 0.25) is 0 Å². The van der Waals surface area contributed by atoms with Gasteiger partial charge in [0, 0.05) is 19.8 Å². The summed E-state index contributed by atoms with van der Waals surface area (Å²) in [4.78, 5) is 0. The zero-order valence-electron chi connectivity index (χ0n) is 11.1. The maximum Gasteiger partial charge on any atom is 0.111 e. The first kappa shape index (κ1) is 13.5. The zero-order chi connectivity index (χ0) is 12.8. The van der Waals surface area contributed by atoms with E-state index in [0.29, 0.717) is 5.69 Å². The molecule has 0 saturated carbocycles. The van der Waals surface area contributed by atoms with Crippen LogP contribution in [0, 0.1) is 5.92 Å². The molecule has 102 valence electrons. The summed E-state index contributed by atoms with van der Waals surface area (Å²) in [6.45, 7) is 4.47. The number of aromatic nitrogens is 3. The number of nitrogens with zero attached hydrogens (tertiary/aromatic N) is 3. The number of aryl methyl sites for hydroxylation is 1. The van der Waals surface area contributed by atoms with Gasteiger partial charge in [-0.1, -0.05) is 18.1 Å². The monoisotopic (exact) mass is 253 g/mol. The van der Waals surface area contributed by atoms with Crippen molar-refractivity contribution in [3.05, 3.63) is 11.9 Å². The summed E-state index contributed by atoms with van der Waals surface area (Å²) in [7, 11) is 0. The Morgan fingerprint density at radius 3 is 2.89 bits per heavy atom. The molecule has 1 aromatic rings. The van der Waals surface area contributed by atoms with Gasteiger partial charge in [0.1, 0.15) is 5.69 Å². The van der Waals surface area contributed by atoms with Crippen LogP contribution in [0.4, 0.5) is 0 Å². The first-order valence-corrected chi connectivity index (χ1v) is 6.91. The standard InChI is InChI=1S/C13H23N3O2/c1-11(17)13-10-16(15-14-13)7-3-2-4-12-5-8-18-9-6-12/h10-12,17H,2-9H2,1H3. The molecule has 1 atom stereocenters. The molecule has 1 aromatic heterocycles. The third-order valence-electron chi connectivity index (χ3n) is 3.57. The van der Waals surface area contributed by atoms with Gasteiger partial charge in [-0.15, -0.1) is 5.10 Å². The molecule has 5 nitrogen and oxygen atoms in total. The second kappa shape index (κ2) is 6.85. The van der Waals surface area contributed by atoms with E-state index in [9.17, 15) is 5.11 Å². The largest absolute Gasteiger partial charge is 0.387 e. The SMILES string of the molecule is CC(O)c1cn(CCCCC2CCOCC2)nn1. The molecule has 2 rings (SSSR count). The highest BCUT2D eigenvalue weighted by molar-refractivity contribution is 4.95. The Hall–Kier alpha value is -0.940. The van der Waals surface area contributed by atoms with Gasteiger partial charge in [-0.05, 0) is 32.1 Å². The Labute approximate surface area is 108 Å². The average molecular weight is 253 g/mol. The summed E-state index contributed by atoms with van der Waals surface area (Å²) >= 11 is 0. The van der Waals surface area contributed by atoms with Crippen LogP contribution in [-0.4, -0.2) is 33.3 Å². The van der Waals surface area contributed by atoms with Crippen molar-refractivity contribution in [1.82, 2.24) is 15.0 Å². The van der Waals surface area contributed by atoms with Gasteiger partial charge in [0.15, 0.2) is 0 Å². The molecule has 1 unspecified atom stereocenters. The van der Waals surface area contributed by atoms with E-state index in [1.165, 1.54) is 25.7 Å². The summed E-state index contributed by atoms with van der Waals surface area (Å²) in [6.07, 6.45) is 7.39. The zero-order valence-corrected chi connectivity index (χ0v) is 11.1. The molecule has 0 amide bonds. The van der Waals surface area contributed by atoms with Crippen LogP contribution in [0.25, 0.3) is 0 Å². The smallest absolute Gasteiger partial charge is 0.111 e. The number of rotatable bonds is 6. The molecule has 2 heterocycles. The van der Waals surface area contributed by atoms with Gasteiger partial charge in [0.25, 0.3) is 0 Å². The van der Waals surface area contributed by atoms with Gasteiger partial charge >= 0.3 is 0 Å². The summed E-state index contributed by atoms with van der Waals surface area (Å²) < 4.78 is 7.18. The lowest BCUT2D eigenvalue weighted by molar-refractivity contribution is 0.0630. The van der Waals surface area contributed by atoms with Crippen LogP contribution in [0.15, 0.2) is 6.20 Å². The first-order valence-electron chi connectivity index (χ1n) is 6.91. The van der Waals surface area contributed by atoms with E-state index >= 15 is 0 Å². The Bertz CT molecular complexity index is 346. The van der Waals surface area contributed by atoms with Crippen LogP contribution in [0.1, 0.15) is 50.8 Å². The minimum Gasteiger partial charge on any atom is -0.387 e. The molecule has 0 aromatic carbocycles. The van der Waals surface area contributed by atoms with Gasteiger partial charge in [0.05, 0.1) is 12.3 Å². The van der Waals surface area contributed by atoms with E-state index in [-0.39, 0.29) is 0 Å². The molecule has 0 aliphatic carbocycles. The second-order valence-electron chi connectivity index (χ2n) is 5.13. The molecule has 1 aliphatic heterocycles. The Morgan fingerprint density at radius 2 is 2.22 bits per heavy atom. The van der Waals surface area contributed by atoms with Crippen LogP contribution in [0.2, 0.25) is 0 Å². The molecule has 1 saturated heterocycles. The lowest BCUT2D eigenvalue weighted by atomic mass is 9.94. The van der Waals surface area contributed by atoms with Crippen LogP contribution in [0.3, 0.4) is 0 Å². The van der Waals surface area contributed by atoms with E-state index in [1.54, 1.807) is 6.92 Å². The summed E-state index contributed by atoms with van der Waals surface area (Å²) in [5, 5.41) is 17.3. The highest BCUT2D eigenvalue weighted by Crippen LogP contribution is 2.20. The average Bonchev–Trinajstić information content (AvgIpc) is 2.85. The topological polar surface area (TPSA) is 60.2 Å². The minimum absolute atomic E-state index is 0.527. The summed E-state index contributed by atoms with van der Waals surface area (Å²) in [6, 6.07) is 0. The van der Waals surface area contributed by atoms with E-state index < -0.39 is 6.10 Å². The fourth-order valence-corrected chi connectivity index (χ4v) is 2.36. The highest BCUT2D eigenvalue weighted by atomic mass is 16.5. The quantitative estimate of drug-likeness (QED) is 0.787. The number of hydrogen-bond acceptors (Lipinski definition) is 4. The third-order valence-corrected chi connectivity index (χ3v) is 3.57. The molecule has 0 spiro atoms. The molecule has 1 N–H and O–H groups in total. The van der Waals surface area contributed by atoms with Crippen LogP contribution in [-0.2, 0) is 11.3 Å². The van der Waals surface area contributed by atoms with Crippen LogP contribution in [0.5, 0.6) is 0 Å². The fraction of sp³-hybridized carbons (Fsp3) is 0.846. The first-order chi connectivity index (χ1) is 8.75. The lowest BCUT2D eigenvalue weighted by Gasteiger charge is -2.21. The number of unbranched alkanes of at least 4 members (excludes halogenated alkanes) is 1. The summed E-state index contributed by atoms with van der Waals surface area (Å²) in [5.74, 6) is 0.850. The highest BCUT2D eigenvalue weighted by Gasteiger charge is 2.13. The molecular formula is C13H23N3O2. The molecule has 18 heavy (non-hydrogen) atoms. The number of ether oxygens (including phenoxy) is 1. The maximum atomic E-state index is 9.35. The maximum absolute atomic E-state index is 9.35. The van der Waals surface area contributed by atoms with Crippen molar-refractivity contribution < 1.29 is 9.84 Å². The molecular weight excluding hydrogens is 230 g/mol. The Balaban J connectivity index is 1.62. The Morgan fingerprint density at radius 1 is 1.44 bits per heavy atom. The second-order valence-corrected chi connectivity index (χ2v) is 5.13. The number of hydrogen-bond donors (Lipinski definition) is 1. The minimum atomic E-state index is -0.527. The van der Waals surface area contributed by atoms with E-state index in [1.807, 2.05) is 10.9 Å². The summed E-state index contributed by atoms with van der Waals surface area (Å²) in [5.41, 5.74) is 0.652. The van der Waals surface area contributed by atoms with Gasteiger partial charge in [-0.3, -0.25) is 4.68 Å². The van der Waals surface area contributed by atoms with Crippen LogP contribution >= 0.6 is 0 Å². The normalized spacial score (nSPS) is 19.0. The van der Waals surface area contributed by atoms with Crippen molar-refractivity contribution in [2.24, 2.45) is 5.92 Å². The van der Waals surface area contributed by atoms with Crippen molar-refractivity contribution in [3.63, 3.8) is 0 Å². The van der Waals surface area contributed by atoms with Crippen molar-refractivity contribution >= 4 is 0 Å². The molecule has 5 heteroatoms. The fourth-order valence-electron chi connectivity index (χ4n) is 2.36. The van der Waals surface area contributed by atoms with Crippen molar-refractivity contribution in [3.8, 4) is 0 Å². The van der Waals surface area contributed by atoms with E-state index in [2.05, 4.69) is 10.3 Å². The molecule has 0 bridgehead atoms. The Kier molecular flexibility index (Phi) is 5.13. The van der Waals surface area contributed by atoms with Gasteiger partial charge < -0.3 is 9.84 Å². The van der Waals surface area contributed by atoms with Crippen molar-refractivity contribution in [2.45, 2.75) is 51.7 Å². The lowest BCUT2D eigenvalue weighted by Crippen LogP contribution is -2.15. The molecule has 0 radical (unpaired) electrons. The number of aliphatic hydroxyl groups excluding tert-OH is 1. The predicted octanol–water partition coefficient (Wildman–Crippen LogP) is 1.93. The van der Waals surface area contributed by atoms with Crippen molar-refractivity contribution in [1.29, 1.82) is 0 Å². The van der Waals surface area contributed by atoms with E-state index in [4.69, 9.17) is 4.74 Å². The van der Waals surface area contributed by atoms with E-state index in [0.717, 1.165) is 32.1 Å². The van der Waals surface area contributed by atoms with Crippen molar-refractivity contribution in [2.75, 3.05) is 13.2 Å². The molecule has 1 fully saturated rings. The predicted molar refractivity (Wildman–Crippen MR) is 68.0 cm³/mol. The molecule has 1 aliphatic rings.